The summed E-state index contributed by atoms with van der Waals surface area (Å²) in [6.45, 7) is 2.66. The molecule has 1 amide bonds. The summed E-state index contributed by atoms with van der Waals surface area (Å²) in [6, 6.07) is 19.0. The molecule has 4 rings (SSSR count). The zero-order chi connectivity index (χ0) is 21.8. The second-order valence-corrected chi connectivity index (χ2v) is 7.15. The number of benzene rings is 2. The lowest BCUT2D eigenvalue weighted by molar-refractivity contribution is -0.140. The number of nitrogens with zero attached hydrogens (tertiary/aromatic N) is 2. The molecule has 1 aromatic heterocycles. The van der Waals surface area contributed by atoms with Crippen molar-refractivity contribution >= 4 is 17.4 Å². The van der Waals surface area contributed by atoms with Crippen molar-refractivity contribution in [2.24, 2.45) is 0 Å². The van der Waals surface area contributed by atoms with Crippen molar-refractivity contribution in [2.75, 3.05) is 6.61 Å². The number of hydrogen-bond acceptors (Lipinski definition) is 5. The van der Waals surface area contributed by atoms with Crippen molar-refractivity contribution in [3.8, 4) is 5.75 Å². The standard InChI is InChI=1S/C25H22N2O4/c1-2-31-20-10-8-19(9-11-20)23(28)21-22(18-12-14-26-15-13-18)27(25(30)24(21)29)16-17-6-4-3-5-7-17/h3-15,22,28H,2,16H2,1H3/b23-21+. The number of carbonyl (C=O) groups is 2. The van der Waals surface area contributed by atoms with E-state index in [4.69, 9.17) is 4.74 Å². The smallest absolute Gasteiger partial charge is 0.295 e. The maximum Gasteiger partial charge on any atom is 0.295 e. The Labute approximate surface area is 180 Å². The van der Waals surface area contributed by atoms with Gasteiger partial charge in [0.05, 0.1) is 18.2 Å². The average Bonchev–Trinajstić information content (AvgIpc) is 3.05. The minimum atomic E-state index is -0.713. The van der Waals surface area contributed by atoms with Crippen LogP contribution in [0.25, 0.3) is 5.76 Å². The second-order valence-electron chi connectivity index (χ2n) is 7.15. The van der Waals surface area contributed by atoms with Crippen LogP contribution in [0.3, 0.4) is 0 Å². The summed E-state index contributed by atoms with van der Waals surface area (Å²) in [5.74, 6) is -0.893. The lowest BCUT2D eigenvalue weighted by Gasteiger charge is -2.25. The van der Waals surface area contributed by atoms with Gasteiger partial charge in [0.2, 0.25) is 0 Å². The van der Waals surface area contributed by atoms with E-state index in [9.17, 15) is 14.7 Å². The number of hydrogen-bond donors (Lipinski definition) is 1. The molecule has 2 aromatic carbocycles. The lowest BCUT2D eigenvalue weighted by Crippen LogP contribution is -2.29. The third kappa shape index (κ3) is 4.05. The molecule has 31 heavy (non-hydrogen) atoms. The molecule has 1 N–H and O–H groups in total. The number of aliphatic hydroxyl groups excluding tert-OH is 1. The first-order chi connectivity index (χ1) is 15.1. The van der Waals surface area contributed by atoms with Gasteiger partial charge in [-0.05, 0) is 54.4 Å². The highest BCUT2D eigenvalue weighted by Gasteiger charge is 2.46. The van der Waals surface area contributed by atoms with Gasteiger partial charge in [0.15, 0.2) is 0 Å². The van der Waals surface area contributed by atoms with Crippen LogP contribution in [0.2, 0.25) is 0 Å². The molecule has 0 bridgehead atoms. The largest absolute Gasteiger partial charge is 0.507 e. The van der Waals surface area contributed by atoms with Crippen LogP contribution in [0.4, 0.5) is 0 Å². The van der Waals surface area contributed by atoms with Crippen molar-refractivity contribution in [3.63, 3.8) is 0 Å². The number of amides is 1. The minimum absolute atomic E-state index is 0.0660. The fourth-order valence-electron chi connectivity index (χ4n) is 3.75. The summed E-state index contributed by atoms with van der Waals surface area (Å²) in [7, 11) is 0. The molecule has 0 aliphatic carbocycles. The molecule has 1 atom stereocenters. The molecule has 2 heterocycles. The predicted octanol–water partition coefficient (Wildman–Crippen LogP) is 4.10. The minimum Gasteiger partial charge on any atom is -0.507 e. The molecule has 1 saturated heterocycles. The van der Waals surface area contributed by atoms with Gasteiger partial charge in [-0.15, -0.1) is 0 Å². The molecule has 1 aliphatic heterocycles. The van der Waals surface area contributed by atoms with Gasteiger partial charge in [0.25, 0.3) is 11.7 Å². The predicted molar refractivity (Wildman–Crippen MR) is 116 cm³/mol. The SMILES string of the molecule is CCOc1ccc(/C(O)=C2\C(=O)C(=O)N(Cc3ccccc3)C2c2ccncc2)cc1. The van der Waals surface area contributed by atoms with E-state index in [0.29, 0.717) is 23.5 Å². The highest BCUT2D eigenvalue weighted by molar-refractivity contribution is 6.46. The van der Waals surface area contributed by atoms with Crippen molar-refractivity contribution < 1.29 is 19.4 Å². The number of aliphatic hydroxyl groups is 1. The topological polar surface area (TPSA) is 79.7 Å². The molecular formula is C25H22N2O4. The van der Waals surface area contributed by atoms with Crippen LogP contribution in [-0.4, -0.2) is 33.3 Å². The first-order valence-electron chi connectivity index (χ1n) is 10.1. The number of rotatable bonds is 6. The van der Waals surface area contributed by atoms with Crippen molar-refractivity contribution in [1.29, 1.82) is 0 Å². The monoisotopic (exact) mass is 414 g/mol. The van der Waals surface area contributed by atoms with Crippen LogP contribution < -0.4 is 4.74 Å². The maximum absolute atomic E-state index is 13.0. The van der Waals surface area contributed by atoms with Crippen LogP contribution in [-0.2, 0) is 16.1 Å². The molecular weight excluding hydrogens is 392 g/mol. The first-order valence-corrected chi connectivity index (χ1v) is 10.1. The van der Waals surface area contributed by atoms with E-state index >= 15 is 0 Å². The Hall–Kier alpha value is -3.93. The number of ketones is 1. The van der Waals surface area contributed by atoms with Gasteiger partial charge < -0.3 is 14.7 Å². The van der Waals surface area contributed by atoms with Gasteiger partial charge in [-0.1, -0.05) is 30.3 Å². The highest BCUT2D eigenvalue weighted by atomic mass is 16.5. The average molecular weight is 414 g/mol. The molecule has 1 fully saturated rings. The Balaban J connectivity index is 1.80. The summed E-state index contributed by atoms with van der Waals surface area (Å²) in [5.41, 5.74) is 2.11. The number of aromatic nitrogens is 1. The Morgan fingerprint density at radius 3 is 2.32 bits per heavy atom. The Morgan fingerprint density at radius 1 is 1.00 bits per heavy atom. The zero-order valence-corrected chi connectivity index (χ0v) is 17.1. The van der Waals surface area contributed by atoms with Crippen LogP contribution in [0.1, 0.15) is 29.7 Å². The van der Waals surface area contributed by atoms with Gasteiger partial charge in [0.1, 0.15) is 11.5 Å². The van der Waals surface area contributed by atoms with Gasteiger partial charge in [-0.2, -0.15) is 0 Å². The first kappa shape index (κ1) is 20.3. The van der Waals surface area contributed by atoms with Crippen molar-refractivity contribution in [2.45, 2.75) is 19.5 Å². The fourth-order valence-corrected chi connectivity index (χ4v) is 3.75. The van der Waals surface area contributed by atoms with E-state index in [1.165, 1.54) is 4.90 Å². The summed E-state index contributed by atoms with van der Waals surface area (Å²) < 4.78 is 5.44. The van der Waals surface area contributed by atoms with Gasteiger partial charge in [0, 0.05) is 24.5 Å². The number of likely N-dealkylation sites (tertiary alicyclic amines) is 1. The van der Waals surface area contributed by atoms with Crippen molar-refractivity contribution in [1.82, 2.24) is 9.88 Å². The number of pyridine rings is 1. The summed E-state index contributed by atoms with van der Waals surface area (Å²) >= 11 is 0. The van der Waals surface area contributed by atoms with E-state index in [-0.39, 0.29) is 17.9 Å². The van der Waals surface area contributed by atoms with E-state index < -0.39 is 17.7 Å². The molecule has 6 nitrogen and oxygen atoms in total. The molecule has 3 aromatic rings. The number of carbonyl (C=O) groups excluding carboxylic acids is 2. The zero-order valence-electron chi connectivity index (χ0n) is 17.1. The Morgan fingerprint density at radius 2 is 1.68 bits per heavy atom. The number of ether oxygens (including phenoxy) is 1. The van der Waals surface area contributed by atoms with Gasteiger partial charge >= 0.3 is 0 Å². The number of Topliss-reactive ketones (excluding diaryl/α,β-unsaturated/α-hetero) is 1. The van der Waals surface area contributed by atoms with Crippen LogP contribution in [0.5, 0.6) is 5.75 Å². The summed E-state index contributed by atoms with van der Waals surface area (Å²) in [6.07, 6.45) is 3.21. The van der Waals surface area contributed by atoms with E-state index in [0.717, 1.165) is 5.56 Å². The van der Waals surface area contributed by atoms with Crippen molar-refractivity contribution in [3.05, 3.63) is 101 Å². The summed E-state index contributed by atoms with van der Waals surface area (Å²) in [5, 5.41) is 11.1. The van der Waals surface area contributed by atoms with E-state index in [1.807, 2.05) is 37.3 Å². The molecule has 6 heteroatoms. The molecule has 0 saturated carbocycles. The van der Waals surface area contributed by atoms with E-state index in [1.54, 1.807) is 48.8 Å². The fraction of sp³-hybridized carbons (Fsp3) is 0.160. The maximum atomic E-state index is 13.0. The van der Waals surface area contributed by atoms with E-state index in [2.05, 4.69) is 4.98 Å². The van der Waals surface area contributed by atoms with Gasteiger partial charge in [-0.3, -0.25) is 14.6 Å². The van der Waals surface area contributed by atoms with Crippen LogP contribution in [0, 0.1) is 0 Å². The quantitative estimate of drug-likeness (QED) is 0.373. The Kier molecular flexibility index (Phi) is 5.80. The summed E-state index contributed by atoms with van der Waals surface area (Å²) in [4.78, 5) is 31.5. The molecule has 0 spiro atoms. The molecule has 0 radical (unpaired) electrons. The third-order valence-corrected chi connectivity index (χ3v) is 5.20. The third-order valence-electron chi connectivity index (χ3n) is 5.20. The van der Waals surface area contributed by atoms with Gasteiger partial charge in [-0.25, -0.2) is 0 Å². The highest BCUT2D eigenvalue weighted by Crippen LogP contribution is 2.40. The second kappa shape index (κ2) is 8.83. The molecule has 156 valence electrons. The Bertz CT molecular complexity index is 1110. The normalized spacial score (nSPS) is 17.7. The van der Waals surface area contributed by atoms with Crippen LogP contribution >= 0.6 is 0 Å². The molecule has 1 aliphatic rings. The lowest BCUT2D eigenvalue weighted by atomic mass is 9.96. The molecule has 1 unspecified atom stereocenters. The van der Waals surface area contributed by atoms with Crippen LogP contribution in [0.15, 0.2) is 84.7 Å².